The summed E-state index contributed by atoms with van der Waals surface area (Å²) in [6.07, 6.45) is 0.569. The van der Waals surface area contributed by atoms with Crippen LogP contribution in [0, 0.1) is 0 Å². The number of hydrogen-bond acceptors (Lipinski definition) is 3. The smallest absolute Gasteiger partial charge is 0.197 e. The van der Waals surface area contributed by atoms with E-state index in [-0.39, 0.29) is 11.2 Å². The first kappa shape index (κ1) is 17.9. The Bertz CT molecular complexity index is 1120. The van der Waals surface area contributed by atoms with Gasteiger partial charge in [-0.05, 0) is 34.2 Å². The Labute approximate surface area is 171 Å². The van der Waals surface area contributed by atoms with Crippen LogP contribution in [0.4, 0.5) is 5.69 Å². The first-order valence-electron chi connectivity index (χ1n) is 10.1. The molecule has 2 heterocycles. The number of hydrazone groups is 1. The molecule has 0 saturated heterocycles. The maximum Gasteiger partial charge on any atom is 0.197 e. The van der Waals surface area contributed by atoms with Crippen LogP contribution in [0.1, 0.15) is 54.2 Å². The fourth-order valence-electron chi connectivity index (χ4n) is 4.46. The van der Waals surface area contributed by atoms with Gasteiger partial charge in [0, 0.05) is 12.0 Å². The zero-order valence-corrected chi connectivity index (χ0v) is 17.0. The Morgan fingerprint density at radius 2 is 1.52 bits per heavy atom. The van der Waals surface area contributed by atoms with Crippen molar-refractivity contribution < 1.29 is 4.79 Å². The average molecular weight is 380 g/mol. The maximum absolute atomic E-state index is 13.6. The largest absolute Gasteiger partial charge is 0.291 e. The molecule has 0 saturated carbocycles. The molecule has 0 spiro atoms. The zero-order valence-electron chi connectivity index (χ0n) is 17.0. The van der Waals surface area contributed by atoms with Crippen LogP contribution in [0.25, 0.3) is 0 Å². The number of benzene rings is 3. The minimum atomic E-state index is -0.789. The Morgan fingerprint density at radius 3 is 2.21 bits per heavy atom. The number of rotatable bonds is 2. The molecular formula is C26H24N2O. The molecule has 2 aliphatic heterocycles. The van der Waals surface area contributed by atoms with Crippen LogP contribution >= 0.6 is 0 Å². The maximum atomic E-state index is 13.6. The molecule has 144 valence electrons. The predicted molar refractivity (Wildman–Crippen MR) is 118 cm³/mol. The van der Waals surface area contributed by atoms with Crippen LogP contribution in [-0.2, 0) is 11.0 Å². The minimum absolute atomic E-state index is 0.107. The van der Waals surface area contributed by atoms with E-state index in [0.717, 1.165) is 28.1 Å². The van der Waals surface area contributed by atoms with E-state index in [1.165, 1.54) is 5.56 Å². The molecule has 0 N–H and O–H groups in total. The van der Waals surface area contributed by atoms with E-state index in [4.69, 9.17) is 5.10 Å². The highest BCUT2D eigenvalue weighted by molar-refractivity contribution is 6.20. The summed E-state index contributed by atoms with van der Waals surface area (Å²) < 4.78 is 0. The number of para-hydroxylation sites is 1. The van der Waals surface area contributed by atoms with Crippen molar-refractivity contribution in [2.24, 2.45) is 5.10 Å². The number of carbonyl (C=O) groups is 1. The fraction of sp³-hybridized carbons (Fsp3) is 0.231. The molecule has 29 heavy (non-hydrogen) atoms. The SMILES string of the molecule is CC(C)(C)c1ccc(C2=NN3c4ccccc4C(=O)C3(c3ccccc3)C2)cc1. The van der Waals surface area contributed by atoms with Gasteiger partial charge in [-0.25, -0.2) is 5.01 Å². The third kappa shape index (κ3) is 2.57. The van der Waals surface area contributed by atoms with E-state index in [0.29, 0.717) is 6.42 Å². The van der Waals surface area contributed by atoms with Gasteiger partial charge in [-0.3, -0.25) is 4.79 Å². The lowest BCUT2D eigenvalue weighted by Gasteiger charge is -2.30. The second-order valence-electron chi connectivity index (χ2n) is 8.94. The average Bonchev–Trinajstić information content (AvgIpc) is 3.24. The van der Waals surface area contributed by atoms with E-state index in [1.807, 2.05) is 59.6 Å². The van der Waals surface area contributed by atoms with Gasteiger partial charge in [0.15, 0.2) is 11.3 Å². The van der Waals surface area contributed by atoms with Gasteiger partial charge in [0.25, 0.3) is 0 Å². The Morgan fingerprint density at radius 1 is 0.862 bits per heavy atom. The third-order valence-electron chi connectivity index (χ3n) is 6.09. The Kier molecular flexibility index (Phi) is 3.79. The van der Waals surface area contributed by atoms with Gasteiger partial charge in [-0.2, -0.15) is 5.10 Å². The molecule has 1 unspecified atom stereocenters. The van der Waals surface area contributed by atoms with Crippen LogP contribution in [0.5, 0.6) is 0 Å². The van der Waals surface area contributed by atoms with Crippen molar-refractivity contribution in [2.75, 3.05) is 5.01 Å². The van der Waals surface area contributed by atoms with Crippen molar-refractivity contribution in [1.82, 2.24) is 0 Å². The van der Waals surface area contributed by atoms with E-state index in [1.54, 1.807) is 0 Å². The van der Waals surface area contributed by atoms with Crippen LogP contribution in [-0.4, -0.2) is 11.5 Å². The highest BCUT2D eigenvalue weighted by Gasteiger charge is 2.56. The molecular weight excluding hydrogens is 356 g/mol. The summed E-state index contributed by atoms with van der Waals surface area (Å²) in [6, 6.07) is 26.5. The van der Waals surface area contributed by atoms with Crippen molar-refractivity contribution in [2.45, 2.75) is 38.1 Å². The molecule has 0 aromatic heterocycles. The molecule has 1 atom stereocenters. The number of fused-ring (bicyclic) bond motifs is 3. The van der Waals surface area contributed by atoms with Gasteiger partial charge >= 0.3 is 0 Å². The van der Waals surface area contributed by atoms with Gasteiger partial charge in [0.2, 0.25) is 0 Å². The normalized spacial score (nSPS) is 20.4. The van der Waals surface area contributed by atoms with Crippen molar-refractivity contribution in [1.29, 1.82) is 0 Å². The quantitative estimate of drug-likeness (QED) is 0.572. The van der Waals surface area contributed by atoms with Gasteiger partial charge in [0.05, 0.1) is 11.4 Å². The predicted octanol–water partition coefficient (Wildman–Crippen LogP) is 5.69. The highest BCUT2D eigenvalue weighted by Crippen LogP contribution is 2.51. The van der Waals surface area contributed by atoms with Crippen LogP contribution in [0.3, 0.4) is 0 Å². The van der Waals surface area contributed by atoms with E-state index in [2.05, 4.69) is 45.0 Å². The summed E-state index contributed by atoms with van der Waals surface area (Å²) in [7, 11) is 0. The van der Waals surface area contributed by atoms with Crippen molar-refractivity contribution in [3.63, 3.8) is 0 Å². The van der Waals surface area contributed by atoms with Crippen LogP contribution < -0.4 is 5.01 Å². The van der Waals surface area contributed by atoms with Crippen molar-refractivity contribution in [3.05, 3.63) is 101 Å². The van der Waals surface area contributed by atoms with Crippen LogP contribution in [0.15, 0.2) is 84.0 Å². The Hall–Kier alpha value is -3.20. The number of carbonyl (C=O) groups excluding carboxylic acids is 1. The molecule has 0 aliphatic carbocycles. The van der Waals surface area contributed by atoms with Crippen LogP contribution in [0.2, 0.25) is 0 Å². The zero-order chi connectivity index (χ0) is 20.2. The summed E-state index contributed by atoms with van der Waals surface area (Å²) in [4.78, 5) is 13.6. The molecule has 3 heteroatoms. The first-order valence-corrected chi connectivity index (χ1v) is 10.1. The molecule has 0 fully saturated rings. The molecule has 0 amide bonds. The lowest BCUT2D eigenvalue weighted by atomic mass is 9.80. The molecule has 0 bridgehead atoms. The summed E-state index contributed by atoms with van der Waals surface area (Å²) in [5.41, 5.74) is 5.28. The van der Waals surface area contributed by atoms with E-state index >= 15 is 0 Å². The monoisotopic (exact) mass is 380 g/mol. The third-order valence-corrected chi connectivity index (χ3v) is 6.09. The highest BCUT2D eigenvalue weighted by atomic mass is 16.1. The number of anilines is 1. The summed E-state index contributed by atoms with van der Waals surface area (Å²) >= 11 is 0. The van der Waals surface area contributed by atoms with Gasteiger partial charge in [-0.1, -0.05) is 87.5 Å². The molecule has 3 nitrogen and oxygen atoms in total. The Balaban J connectivity index is 1.63. The number of ketones is 1. The lowest BCUT2D eigenvalue weighted by Crippen LogP contribution is -2.42. The summed E-state index contributed by atoms with van der Waals surface area (Å²) in [5.74, 6) is 0.129. The van der Waals surface area contributed by atoms with E-state index in [9.17, 15) is 4.79 Å². The van der Waals surface area contributed by atoms with E-state index < -0.39 is 5.54 Å². The second kappa shape index (κ2) is 6.15. The van der Waals surface area contributed by atoms with Crippen molar-refractivity contribution in [3.8, 4) is 0 Å². The van der Waals surface area contributed by atoms with Gasteiger partial charge in [0.1, 0.15) is 0 Å². The summed E-state index contributed by atoms with van der Waals surface area (Å²) in [6.45, 7) is 6.64. The number of hydrogen-bond donors (Lipinski definition) is 0. The van der Waals surface area contributed by atoms with Crippen molar-refractivity contribution >= 4 is 17.2 Å². The molecule has 2 aliphatic rings. The topological polar surface area (TPSA) is 32.7 Å². The van der Waals surface area contributed by atoms with Gasteiger partial charge in [-0.15, -0.1) is 0 Å². The van der Waals surface area contributed by atoms with Gasteiger partial charge < -0.3 is 0 Å². The minimum Gasteiger partial charge on any atom is -0.291 e. The summed E-state index contributed by atoms with van der Waals surface area (Å²) in [5, 5.41) is 6.93. The molecule has 3 aromatic rings. The molecule has 5 rings (SSSR count). The standard InChI is InChI=1S/C26H24N2O/c1-25(2,3)19-15-13-18(14-16-19)22-17-26(20-9-5-4-6-10-20)24(29)21-11-7-8-12-23(21)28(26)27-22/h4-16H,17H2,1-3H3. The lowest BCUT2D eigenvalue weighted by molar-refractivity contribution is 0.0908. The molecule has 3 aromatic carbocycles. The number of Topliss-reactive ketones (excluding diaryl/α,β-unsaturated/α-hetero) is 1. The molecule has 0 radical (unpaired) electrons. The number of nitrogens with zero attached hydrogens (tertiary/aromatic N) is 2. The first-order chi connectivity index (χ1) is 13.9. The second-order valence-corrected chi connectivity index (χ2v) is 8.94. The fourth-order valence-corrected chi connectivity index (χ4v) is 4.46.